The highest BCUT2D eigenvalue weighted by Crippen LogP contribution is 2.33. The van der Waals surface area contributed by atoms with Crippen LogP contribution in [0, 0.1) is 0 Å². The molecule has 120 valence electrons. The van der Waals surface area contributed by atoms with E-state index in [1.54, 1.807) is 7.11 Å². The van der Waals surface area contributed by atoms with Crippen molar-refractivity contribution in [1.29, 1.82) is 0 Å². The first kappa shape index (κ1) is 16.3. The number of hydrogen-bond donors (Lipinski definition) is 1. The van der Waals surface area contributed by atoms with Crippen LogP contribution < -0.4 is 10.1 Å². The van der Waals surface area contributed by atoms with Crippen molar-refractivity contribution in [3.8, 4) is 5.75 Å². The minimum absolute atomic E-state index is 0.144. The lowest BCUT2D eigenvalue weighted by Gasteiger charge is -2.32. The zero-order valence-electron chi connectivity index (χ0n) is 13.8. The molecule has 1 aliphatic heterocycles. The van der Waals surface area contributed by atoms with Crippen LogP contribution in [0.2, 0.25) is 0 Å². The predicted molar refractivity (Wildman–Crippen MR) is 83.8 cm³/mol. The summed E-state index contributed by atoms with van der Waals surface area (Å²) in [6.45, 7) is 8.30. The van der Waals surface area contributed by atoms with Gasteiger partial charge in [-0.05, 0) is 46.1 Å². The molecule has 1 N–H and O–H groups in total. The largest absolute Gasteiger partial charge is 0.493 e. The van der Waals surface area contributed by atoms with Crippen molar-refractivity contribution >= 4 is 0 Å². The molecule has 0 bridgehead atoms. The molecule has 0 radical (unpaired) electrons. The van der Waals surface area contributed by atoms with Gasteiger partial charge in [0.1, 0.15) is 5.69 Å². The number of aromatic nitrogens is 2. The highest BCUT2D eigenvalue weighted by atomic mass is 16.5. The number of hydrogen-bond acceptors (Lipinski definition) is 4. The van der Waals surface area contributed by atoms with Crippen molar-refractivity contribution in [2.75, 3.05) is 20.3 Å². The molecule has 0 saturated carbocycles. The molecule has 0 amide bonds. The normalized spacial score (nSPS) is 20.7. The Hall–Kier alpha value is -1.07. The molecule has 2 heterocycles. The Bertz CT molecular complexity index is 425. The van der Waals surface area contributed by atoms with E-state index in [1.165, 1.54) is 6.42 Å². The van der Waals surface area contributed by atoms with Crippen LogP contribution in [0.3, 0.4) is 0 Å². The summed E-state index contributed by atoms with van der Waals surface area (Å²) >= 11 is 0. The van der Waals surface area contributed by atoms with Gasteiger partial charge in [0.25, 0.3) is 0 Å². The fourth-order valence-electron chi connectivity index (χ4n) is 2.95. The van der Waals surface area contributed by atoms with Gasteiger partial charge in [-0.3, -0.25) is 4.68 Å². The van der Waals surface area contributed by atoms with Crippen molar-refractivity contribution in [2.24, 2.45) is 0 Å². The maximum atomic E-state index is 6.04. The highest BCUT2D eigenvalue weighted by molar-refractivity contribution is 5.30. The van der Waals surface area contributed by atoms with Crippen LogP contribution in [-0.2, 0) is 4.74 Å². The van der Waals surface area contributed by atoms with Gasteiger partial charge >= 0.3 is 0 Å². The number of nitrogens with zero attached hydrogens (tertiary/aromatic N) is 2. The Morgan fingerprint density at radius 3 is 2.86 bits per heavy atom. The van der Waals surface area contributed by atoms with Crippen LogP contribution in [0.1, 0.15) is 64.2 Å². The molecule has 1 aliphatic rings. The van der Waals surface area contributed by atoms with Crippen molar-refractivity contribution in [3.63, 3.8) is 0 Å². The molecular formula is C16H29N3O2. The molecule has 1 saturated heterocycles. The summed E-state index contributed by atoms with van der Waals surface area (Å²) in [7, 11) is 1.71. The SMILES string of the molecule is CCCNC(c1c(OC)cnn1C(C)C)C1CCCCO1. The first-order chi connectivity index (χ1) is 10.2. The molecule has 1 fully saturated rings. The maximum absolute atomic E-state index is 6.04. The molecule has 2 rings (SSSR count). The van der Waals surface area contributed by atoms with E-state index in [2.05, 4.69) is 35.9 Å². The first-order valence-electron chi connectivity index (χ1n) is 8.15. The third-order valence-electron chi connectivity index (χ3n) is 4.00. The van der Waals surface area contributed by atoms with Crippen LogP contribution in [-0.4, -0.2) is 36.1 Å². The van der Waals surface area contributed by atoms with Crippen molar-refractivity contribution < 1.29 is 9.47 Å². The van der Waals surface area contributed by atoms with Crippen molar-refractivity contribution in [1.82, 2.24) is 15.1 Å². The number of ether oxygens (including phenoxy) is 2. The molecule has 2 unspecified atom stereocenters. The third-order valence-corrected chi connectivity index (χ3v) is 4.00. The number of rotatable bonds is 7. The van der Waals surface area contributed by atoms with Crippen LogP contribution in [0.25, 0.3) is 0 Å². The second kappa shape index (κ2) is 7.80. The molecule has 0 aliphatic carbocycles. The zero-order valence-corrected chi connectivity index (χ0v) is 13.8. The van der Waals surface area contributed by atoms with Crippen LogP contribution in [0.15, 0.2) is 6.20 Å². The van der Waals surface area contributed by atoms with E-state index in [0.29, 0.717) is 6.04 Å². The fraction of sp³-hybridized carbons (Fsp3) is 0.812. The summed E-state index contributed by atoms with van der Waals surface area (Å²) in [6.07, 6.45) is 6.60. The van der Waals surface area contributed by atoms with Gasteiger partial charge in [-0.25, -0.2) is 0 Å². The number of methoxy groups -OCH3 is 1. The second-order valence-corrected chi connectivity index (χ2v) is 5.97. The van der Waals surface area contributed by atoms with Gasteiger partial charge in [0.15, 0.2) is 5.75 Å². The summed E-state index contributed by atoms with van der Waals surface area (Å²) < 4.78 is 13.6. The lowest BCUT2D eigenvalue weighted by Crippen LogP contribution is -2.38. The van der Waals surface area contributed by atoms with Crippen LogP contribution in [0.4, 0.5) is 0 Å². The molecule has 1 aromatic heterocycles. The second-order valence-electron chi connectivity index (χ2n) is 5.97. The maximum Gasteiger partial charge on any atom is 0.161 e. The molecule has 5 heteroatoms. The summed E-state index contributed by atoms with van der Waals surface area (Å²) in [6, 6.07) is 0.448. The third kappa shape index (κ3) is 3.77. The lowest BCUT2D eigenvalue weighted by molar-refractivity contribution is -0.0106. The molecule has 2 atom stereocenters. The fourth-order valence-corrected chi connectivity index (χ4v) is 2.95. The van der Waals surface area contributed by atoms with Gasteiger partial charge in [0, 0.05) is 12.6 Å². The minimum atomic E-state index is 0.144. The average Bonchev–Trinajstić information content (AvgIpc) is 2.93. The topological polar surface area (TPSA) is 48.3 Å². The van der Waals surface area contributed by atoms with Crippen LogP contribution >= 0.6 is 0 Å². The Morgan fingerprint density at radius 1 is 1.48 bits per heavy atom. The van der Waals surface area contributed by atoms with Gasteiger partial charge in [0.05, 0.1) is 25.5 Å². The van der Waals surface area contributed by atoms with E-state index >= 15 is 0 Å². The van der Waals surface area contributed by atoms with E-state index in [4.69, 9.17) is 9.47 Å². The van der Waals surface area contributed by atoms with Crippen LogP contribution in [0.5, 0.6) is 5.75 Å². The monoisotopic (exact) mass is 295 g/mol. The Kier molecular flexibility index (Phi) is 6.06. The highest BCUT2D eigenvalue weighted by Gasteiger charge is 2.31. The zero-order chi connectivity index (χ0) is 15.2. The van der Waals surface area contributed by atoms with E-state index in [9.17, 15) is 0 Å². The van der Waals surface area contributed by atoms with E-state index < -0.39 is 0 Å². The molecule has 0 aromatic carbocycles. The van der Waals surface area contributed by atoms with E-state index in [-0.39, 0.29) is 12.1 Å². The van der Waals surface area contributed by atoms with Gasteiger partial charge in [-0.2, -0.15) is 5.10 Å². The first-order valence-corrected chi connectivity index (χ1v) is 8.15. The van der Waals surface area contributed by atoms with E-state index in [1.807, 2.05) is 6.20 Å². The molecule has 1 aromatic rings. The van der Waals surface area contributed by atoms with Gasteiger partial charge in [0.2, 0.25) is 0 Å². The van der Waals surface area contributed by atoms with Gasteiger partial charge in [-0.15, -0.1) is 0 Å². The summed E-state index contributed by atoms with van der Waals surface area (Å²) in [5.74, 6) is 0.853. The summed E-state index contributed by atoms with van der Waals surface area (Å²) in [4.78, 5) is 0. The standard InChI is InChI=1S/C16H29N3O2/c1-5-9-17-15(13-8-6-7-10-21-13)16-14(20-4)11-18-19(16)12(2)3/h11-13,15,17H,5-10H2,1-4H3. The molecule has 21 heavy (non-hydrogen) atoms. The van der Waals surface area contributed by atoms with Gasteiger partial charge < -0.3 is 14.8 Å². The molecule has 5 nitrogen and oxygen atoms in total. The summed E-state index contributed by atoms with van der Waals surface area (Å²) in [5.41, 5.74) is 1.12. The van der Waals surface area contributed by atoms with E-state index in [0.717, 1.165) is 43.9 Å². The molecular weight excluding hydrogens is 266 g/mol. The van der Waals surface area contributed by atoms with Crippen molar-refractivity contribution in [3.05, 3.63) is 11.9 Å². The summed E-state index contributed by atoms with van der Waals surface area (Å²) in [5, 5.41) is 8.15. The lowest BCUT2D eigenvalue weighted by atomic mass is 9.98. The quantitative estimate of drug-likeness (QED) is 0.840. The Morgan fingerprint density at radius 2 is 2.29 bits per heavy atom. The Labute approximate surface area is 128 Å². The minimum Gasteiger partial charge on any atom is -0.493 e. The molecule has 0 spiro atoms. The average molecular weight is 295 g/mol. The van der Waals surface area contributed by atoms with Crippen molar-refractivity contribution in [2.45, 2.75) is 64.6 Å². The Balaban J connectivity index is 2.32. The van der Waals surface area contributed by atoms with Gasteiger partial charge in [-0.1, -0.05) is 6.92 Å². The predicted octanol–water partition coefficient (Wildman–Crippen LogP) is 3.08. The number of nitrogens with one attached hydrogen (secondary N) is 1. The smallest absolute Gasteiger partial charge is 0.161 e.